The van der Waals surface area contributed by atoms with Gasteiger partial charge in [0.1, 0.15) is 11.3 Å². The van der Waals surface area contributed by atoms with Crippen molar-refractivity contribution in [1.29, 1.82) is 0 Å². The van der Waals surface area contributed by atoms with Crippen LogP contribution in [0.1, 0.15) is 10.4 Å². The second-order valence-corrected chi connectivity index (χ2v) is 9.37. The molecule has 0 aliphatic carbocycles. The zero-order valence-corrected chi connectivity index (χ0v) is 18.7. The van der Waals surface area contributed by atoms with Crippen LogP contribution in [-0.2, 0) is 11.2 Å². The summed E-state index contributed by atoms with van der Waals surface area (Å²) in [4.78, 5) is 25.2. The Morgan fingerprint density at radius 3 is 2.88 bits per heavy atom. The number of rotatable bonds is 6. The maximum atomic E-state index is 13.0. The summed E-state index contributed by atoms with van der Waals surface area (Å²) in [6, 6.07) is 11.8. The molecule has 2 aromatic carbocycles. The molecule has 0 aliphatic heterocycles. The number of H-pyrrole nitrogens is 1. The number of nitrogens with zero attached hydrogens (tertiary/aromatic N) is 4. The van der Waals surface area contributed by atoms with E-state index in [1.54, 1.807) is 24.4 Å². The summed E-state index contributed by atoms with van der Waals surface area (Å²) in [5.41, 5.74) is 3.06. The average molecular weight is 485 g/mol. The molecule has 32 heavy (non-hydrogen) atoms. The smallest absolute Gasteiger partial charge is 0.236 e. The molecular weight excluding hydrogens is 471 g/mol. The van der Waals surface area contributed by atoms with Crippen LogP contribution in [0, 0.1) is 5.82 Å². The van der Waals surface area contributed by atoms with Gasteiger partial charge in [0, 0.05) is 33.4 Å². The quantitative estimate of drug-likeness (QED) is 0.326. The lowest BCUT2D eigenvalue weighted by atomic mass is 10.1. The van der Waals surface area contributed by atoms with Gasteiger partial charge < -0.3 is 10.3 Å². The van der Waals surface area contributed by atoms with Crippen molar-refractivity contribution in [3.8, 4) is 0 Å². The number of aromatic amines is 1. The summed E-state index contributed by atoms with van der Waals surface area (Å²) in [6.45, 7) is 0. The van der Waals surface area contributed by atoms with Gasteiger partial charge in [-0.3, -0.25) is 4.79 Å². The minimum absolute atomic E-state index is 0.117. The van der Waals surface area contributed by atoms with Crippen LogP contribution >= 0.6 is 34.7 Å². The summed E-state index contributed by atoms with van der Waals surface area (Å²) in [5.74, 6) is -0.368. The van der Waals surface area contributed by atoms with Crippen molar-refractivity contribution >= 4 is 67.8 Å². The Kier molecular flexibility index (Phi) is 5.73. The molecule has 0 radical (unpaired) electrons. The maximum Gasteiger partial charge on any atom is 0.236 e. The van der Waals surface area contributed by atoms with Crippen LogP contribution in [0.15, 0.2) is 53.8 Å². The second kappa shape index (κ2) is 8.81. The number of hydrogen-bond acceptors (Lipinski definition) is 7. The summed E-state index contributed by atoms with van der Waals surface area (Å²) < 4.78 is 13.0. The zero-order valence-electron chi connectivity index (χ0n) is 16.3. The number of benzene rings is 2. The van der Waals surface area contributed by atoms with E-state index in [0.717, 1.165) is 21.3 Å². The fourth-order valence-corrected chi connectivity index (χ4v) is 4.75. The minimum atomic E-state index is -0.268. The maximum absolute atomic E-state index is 13.0. The topological polar surface area (TPSA) is 96.5 Å². The Labute approximate surface area is 194 Å². The number of carbonyl (C=O) groups excluding carboxylic acids is 1. The third-order valence-corrected chi connectivity index (χ3v) is 6.57. The summed E-state index contributed by atoms with van der Waals surface area (Å²) in [7, 11) is 0. The Balaban J connectivity index is 1.20. The van der Waals surface area contributed by atoms with E-state index in [1.807, 2.05) is 12.1 Å². The molecule has 5 rings (SSSR count). The van der Waals surface area contributed by atoms with Crippen molar-refractivity contribution in [2.24, 2.45) is 0 Å². The predicted octanol–water partition coefficient (Wildman–Crippen LogP) is 5.08. The lowest BCUT2D eigenvalue weighted by Gasteiger charge is -2.01. The molecule has 0 saturated heterocycles. The molecule has 0 saturated carbocycles. The molecule has 1 amide bonds. The zero-order chi connectivity index (χ0) is 22.1. The van der Waals surface area contributed by atoms with Crippen LogP contribution in [0.25, 0.3) is 22.1 Å². The van der Waals surface area contributed by atoms with Gasteiger partial charge in [-0.05, 0) is 35.9 Å². The molecule has 5 aromatic rings. The van der Waals surface area contributed by atoms with Gasteiger partial charge in [0.15, 0.2) is 10.8 Å². The number of amides is 1. The fourth-order valence-electron chi connectivity index (χ4n) is 3.13. The van der Waals surface area contributed by atoms with E-state index >= 15 is 0 Å². The van der Waals surface area contributed by atoms with Crippen molar-refractivity contribution in [1.82, 2.24) is 25.1 Å². The van der Waals surface area contributed by atoms with Gasteiger partial charge >= 0.3 is 0 Å². The molecule has 0 unspecified atom stereocenters. The average Bonchev–Trinajstić information content (AvgIpc) is 3.37. The molecule has 0 fully saturated rings. The largest absolute Gasteiger partial charge is 0.338 e. The van der Waals surface area contributed by atoms with Crippen molar-refractivity contribution in [3.05, 3.63) is 69.9 Å². The molecule has 7 nitrogen and oxygen atoms in total. The number of thioether (sulfide) groups is 1. The van der Waals surface area contributed by atoms with E-state index in [4.69, 9.17) is 11.6 Å². The summed E-state index contributed by atoms with van der Waals surface area (Å²) in [6.07, 6.45) is 2.33. The Hall–Kier alpha value is -3.08. The summed E-state index contributed by atoms with van der Waals surface area (Å²) in [5, 5.41) is 13.5. The van der Waals surface area contributed by atoms with Crippen molar-refractivity contribution in [3.63, 3.8) is 0 Å². The predicted molar refractivity (Wildman–Crippen MR) is 125 cm³/mol. The minimum Gasteiger partial charge on any atom is -0.338 e. The van der Waals surface area contributed by atoms with Gasteiger partial charge in [-0.2, -0.15) is 0 Å². The van der Waals surface area contributed by atoms with E-state index in [-0.39, 0.29) is 17.5 Å². The highest BCUT2D eigenvalue weighted by molar-refractivity contribution is 7.99. The SMILES string of the molecule is O=C(CSc1nnc2c(n1)[nH]c1ccc(Cl)cc12)Nc1ncc(Cc2ccc(F)cc2)s1. The van der Waals surface area contributed by atoms with Crippen molar-refractivity contribution in [2.45, 2.75) is 11.6 Å². The number of nitrogens with one attached hydrogen (secondary N) is 2. The van der Waals surface area contributed by atoms with Crippen molar-refractivity contribution in [2.75, 3.05) is 11.1 Å². The number of carbonyl (C=O) groups is 1. The van der Waals surface area contributed by atoms with E-state index < -0.39 is 0 Å². The van der Waals surface area contributed by atoms with E-state index in [2.05, 4.69) is 30.5 Å². The molecule has 0 aliphatic rings. The fraction of sp³-hybridized carbons (Fsp3) is 0.0952. The first kappa shape index (κ1) is 20.8. The van der Waals surface area contributed by atoms with Gasteiger partial charge in [-0.15, -0.1) is 21.5 Å². The Morgan fingerprint density at radius 1 is 1.19 bits per heavy atom. The van der Waals surface area contributed by atoms with Crippen LogP contribution in [0.5, 0.6) is 0 Å². The first-order valence-electron chi connectivity index (χ1n) is 9.47. The molecule has 3 aromatic heterocycles. The number of fused-ring (bicyclic) bond motifs is 3. The Morgan fingerprint density at radius 2 is 2.03 bits per heavy atom. The molecule has 0 spiro atoms. The highest BCUT2D eigenvalue weighted by Crippen LogP contribution is 2.26. The lowest BCUT2D eigenvalue weighted by molar-refractivity contribution is -0.113. The lowest BCUT2D eigenvalue weighted by Crippen LogP contribution is -2.14. The van der Waals surface area contributed by atoms with E-state index in [1.165, 1.54) is 35.2 Å². The van der Waals surface area contributed by atoms with Crippen LogP contribution in [0.3, 0.4) is 0 Å². The third kappa shape index (κ3) is 4.57. The van der Waals surface area contributed by atoms with Crippen LogP contribution < -0.4 is 5.32 Å². The van der Waals surface area contributed by atoms with Gasteiger partial charge in [0.2, 0.25) is 11.1 Å². The van der Waals surface area contributed by atoms with Crippen molar-refractivity contribution < 1.29 is 9.18 Å². The molecule has 160 valence electrons. The molecule has 3 heterocycles. The summed E-state index contributed by atoms with van der Waals surface area (Å²) >= 11 is 8.62. The third-order valence-electron chi connectivity index (χ3n) is 4.58. The number of halogens is 2. The number of thiazole rings is 1. The molecule has 2 N–H and O–H groups in total. The molecule has 0 atom stereocenters. The number of aromatic nitrogens is 5. The van der Waals surface area contributed by atoms with Gasteiger partial charge in [0.05, 0.1) is 5.75 Å². The van der Waals surface area contributed by atoms with Gasteiger partial charge in [-0.25, -0.2) is 14.4 Å². The van der Waals surface area contributed by atoms with Crippen LogP contribution in [0.4, 0.5) is 9.52 Å². The first-order chi connectivity index (χ1) is 15.5. The van der Waals surface area contributed by atoms with Crippen LogP contribution in [-0.4, -0.2) is 36.8 Å². The highest BCUT2D eigenvalue weighted by Gasteiger charge is 2.12. The molecule has 11 heteroatoms. The highest BCUT2D eigenvalue weighted by atomic mass is 35.5. The monoisotopic (exact) mass is 484 g/mol. The van der Waals surface area contributed by atoms with E-state index in [0.29, 0.717) is 32.9 Å². The van der Waals surface area contributed by atoms with E-state index in [9.17, 15) is 9.18 Å². The first-order valence-corrected chi connectivity index (χ1v) is 11.6. The van der Waals surface area contributed by atoms with Crippen LogP contribution in [0.2, 0.25) is 5.02 Å². The Bertz CT molecular complexity index is 1440. The molecular formula is C21H14ClFN6OS2. The number of hydrogen-bond donors (Lipinski definition) is 2. The van der Waals surface area contributed by atoms with Gasteiger partial charge in [-0.1, -0.05) is 35.5 Å². The molecule has 0 bridgehead atoms. The van der Waals surface area contributed by atoms with Gasteiger partial charge in [0.25, 0.3) is 0 Å². The second-order valence-electron chi connectivity index (χ2n) is 6.88. The standard InChI is InChI=1S/C21H14ClFN6OS2/c22-12-3-6-16-15(8-12)18-19(25-16)27-21(29-28-18)31-10-17(30)26-20-24-9-14(32-20)7-11-1-4-13(23)5-2-11/h1-6,8-9H,7,10H2,(H,24,26,30)(H,25,27,29). The number of anilines is 1. The normalized spacial score (nSPS) is 11.3.